The number of aromatic nitrogens is 2. The van der Waals surface area contributed by atoms with Crippen molar-refractivity contribution in [3.8, 4) is 5.75 Å². The van der Waals surface area contributed by atoms with Crippen LogP contribution in [-0.2, 0) is 13.7 Å². The van der Waals surface area contributed by atoms with Crippen molar-refractivity contribution in [2.24, 2.45) is 7.05 Å². The standard InChI is InChI=1S/C15H21N3O/c1-4-17-12(2)13-5-7-15(8-6-13)19-10-14-9-16-11-18(14)3/h5-9,11-12,17H,4,10H2,1-3H3. The Hall–Kier alpha value is -1.81. The fourth-order valence-electron chi connectivity index (χ4n) is 1.96. The number of hydrogen-bond acceptors (Lipinski definition) is 3. The van der Waals surface area contributed by atoms with Gasteiger partial charge in [0.25, 0.3) is 0 Å². The van der Waals surface area contributed by atoms with Crippen LogP contribution in [0.4, 0.5) is 0 Å². The first-order valence-corrected chi connectivity index (χ1v) is 6.62. The van der Waals surface area contributed by atoms with Crippen molar-refractivity contribution in [2.45, 2.75) is 26.5 Å². The van der Waals surface area contributed by atoms with Gasteiger partial charge >= 0.3 is 0 Å². The molecule has 0 radical (unpaired) electrons. The molecule has 1 aromatic heterocycles. The van der Waals surface area contributed by atoms with Gasteiger partial charge in [-0.15, -0.1) is 0 Å². The smallest absolute Gasteiger partial charge is 0.130 e. The molecular formula is C15H21N3O. The average Bonchev–Trinajstić information content (AvgIpc) is 2.83. The van der Waals surface area contributed by atoms with Crippen LogP contribution in [0.3, 0.4) is 0 Å². The van der Waals surface area contributed by atoms with E-state index in [2.05, 4.69) is 36.3 Å². The minimum Gasteiger partial charge on any atom is -0.487 e. The maximum atomic E-state index is 5.74. The van der Waals surface area contributed by atoms with Gasteiger partial charge in [0.05, 0.1) is 18.2 Å². The number of nitrogens with one attached hydrogen (secondary N) is 1. The van der Waals surface area contributed by atoms with Gasteiger partial charge in [-0.1, -0.05) is 19.1 Å². The van der Waals surface area contributed by atoms with E-state index in [1.54, 1.807) is 6.33 Å². The van der Waals surface area contributed by atoms with Crippen molar-refractivity contribution in [1.29, 1.82) is 0 Å². The van der Waals surface area contributed by atoms with Crippen molar-refractivity contribution in [1.82, 2.24) is 14.9 Å². The zero-order valence-electron chi connectivity index (χ0n) is 11.8. The summed E-state index contributed by atoms with van der Waals surface area (Å²) in [5.74, 6) is 0.883. The number of hydrogen-bond donors (Lipinski definition) is 1. The van der Waals surface area contributed by atoms with Crippen LogP contribution >= 0.6 is 0 Å². The van der Waals surface area contributed by atoms with Crippen LogP contribution in [0.15, 0.2) is 36.8 Å². The largest absolute Gasteiger partial charge is 0.487 e. The molecule has 0 aliphatic carbocycles. The van der Waals surface area contributed by atoms with E-state index in [0.29, 0.717) is 12.6 Å². The average molecular weight is 259 g/mol. The summed E-state index contributed by atoms with van der Waals surface area (Å²) < 4.78 is 7.70. The molecule has 19 heavy (non-hydrogen) atoms. The molecule has 1 aromatic carbocycles. The third-order valence-corrected chi connectivity index (χ3v) is 3.19. The molecule has 1 heterocycles. The fourth-order valence-corrected chi connectivity index (χ4v) is 1.96. The van der Waals surface area contributed by atoms with Gasteiger partial charge in [0, 0.05) is 13.1 Å². The molecule has 4 heteroatoms. The topological polar surface area (TPSA) is 39.1 Å². The first-order chi connectivity index (χ1) is 9.20. The van der Waals surface area contributed by atoms with Crippen molar-refractivity contribution in [3.63, 3.8) is 0 Å². The first kappa shape index (κ1) is 13.6. The number of rotatable bonds is 6. The van der Waals surface area contributed by atoms with E-state index in [0.717, 1.165) is 18.0 Å². The molecule has 2 rings (SSSR count). The van der Waals surface area contributed by atoms with Gasteiger partial charge in [-0.25, -0.2) is 4.98 Å². The fraction of sp³-hybridized carbons (Fsp3) is 0.400. The summed E-state index contributed by atoms with van der Waals surface area (Å²) in [5, 5.41) is 3.39. The Morgan fingerprint density at radius 1 is 1.32 bits per heavy atom. The first-order valence-electron chi connectivity index (χ1n) is 6.62. The molecule has 1 atom stereocenters. The molecule has 0 saturated carbocycles. The van der Waals surface area contributed by atoms with Crippen molar-refractivity contribution < 1.29 is 4.74 Å². The monoisotopic (exact) mass is 259 g/mol. The number of ether oxygens (including phenoxy) is 1. The van der Waals surface area contributed by atoms with Gasteiger partial charge in [0.2, 0.25) is 0 Å². The summed E-state index contributed by atoms with van der Waals surface area (Å²) in [7, 11) is 1.97. The number of imidazole rings is 1. The molecule has 4 nitrogen and oxygen atoms in total. The minimum atomic E-state index is 0.371. The SMILES string of the molecule is CCNC(C)c1ccc(OCc2cncn2C)cc1. The molecule has 0 bridgehead atoms. The van der Waals surface area contributed by atoms with E-state index in [4.69, 9.17) is 4.74 Å². The highest BCUT2D eigenvalue weighted by molar-refractivity contribution is 5.29. The van der Waals surface area contributed by atoms with Crippen LogP contribution in [-0.4, -0.2) is 16.1 Å². The number of aryl methyl sites for hydroxylation is 1. The van der Waals surface area contributed by atoms with Gasteiger partial charge < -0.3 is 14.6 Å². The Labute approximate surface area is 114 Å². The Morgan fingerprint density at radius 2 is 2.05 bits per heavy atom. The maximum Gasteiger partial charge on any atom is 0.130 e. The number of nitrogens with zero attached hydrogens (tertiary/aromatic N) is 2. The summed E-state index contributed by atoms with van der Waals surface area (Å²) in [6.45, 7) is 5.79. The Balaban J connectivity index is 1.93. The van der Waals surface area contributed by atoms with Crippen LogP contribution in [0, 0.1) is 0 Å². The summed E-state index contributed by atoms with van der Waals surface area (Å²) in [4.78, 5) is 4.07. The van der Waals surface area contributed by atoms with Crippen LogP contribution in [0.25, 0.3) is 0 Å². The Kier molecular flexibility index (Phi) is 4.58. The molecule has 0 spiro atoms. The van der Waals surface area contributed by atoms with E-state index < -0.39 is 0 Å². The second-order valence-electron chi connectivity index (χ2n) is 4.63. The molecular weight excluding hydrogens is 238 g/mol. The van der Waals surface area contributed by atoms with Crippen LogP contribution in [0.5, 0.6) is 5.75 Å². The molecule has 1 N–H and O–H groups in total. The van der Waals surface area contributed by atoms with Crippen molar-refractivity contribution in [2.75, 3.05) is 6.54 Å². The van der Waals surface area contributed by atoms with Crippen molar-refractivity contribution >= 4 is 0 Å². The number of benzene rings is 1. The minimum absolute atomic E-state index is 0.371. The highest BCUT2D eigenvalue weighted by atomic mass is 16.5. The highest BCUT2D eigenvalue weighted by Gasteiger charge is 2.04. The normalized spacial score (nSPS) is 12.4. The van der Waals surface area contributed by atoms with E-state index in [9.17, 15) is 0 Å². The molecule has 0 aliphatic rings. The Bertz CT molecular complexity index is 504. The molecule has 1 unspecified atom stereocenters. The third-order valence-electron chi connectivity index (χ3n) is 3.19. The van der Waals surface area contributed by atoms with E-state index in [1.165, 1.54) is 5.56 Å². The third kappa shape index (κ3) is 3.58. The molecule has 0 aliphatic heterocycles. The molecule has 0 fully saturated rings. The second-order valence-corrected chi connectivity index (χ2v) is 4.63. The van der Waals surface area contributed by atoms with Gasteiger partial charge in [-0.2, -0.15) is 0 Å². The van der Waals surface area contributed by atoms with E-state index >= 15 is 0 Å². The van der Waals surface area contributed by atoms with Crippen LogP contribution in [0.2, 0.25) is 0 Å². The van der Waals surface area contributed by atoms with E-state index in [-0.39, 0.29) is 0 Å². The lowest BCUT2D eigenvalue weighted by molar-refractivity contribution is 0.297. The summed E-state index contributed by atoms with van der Waals surface area (Å²) in [6.07, 6.45) is 3.60. The molecule has 2 aromatic rings. The molecule has 102 valence electrons. The lowest BCUT2D eigenvalue weighted by atomic mass is 10.1. The molecule has 0 saturated heterocycles. The van der Waals surface area contributed by atoms with Crippen LogP contribution < -0.4 is 10.1 Å². The highest BCUT2D eigenvalue weighted by Crippen LogP contribution is 2.18. The second kappa shape index (κ2) is 6.38. The van der Waals surface area contributed by atoms with Crippen molar-refractivity contribution in [3.05, 3.63) is 48.0 Å². The Morgan fingerprint density at radius 3 is 2.63 bits per heavy atom. The summed E-state index contributed by atoms with van der Waals surface area (Å²) in [6, 6.07) is 8.60. The van der Waals surface area contributed by atoms with Gasteiger partial charge in [-0.3, -0.25) is 0 Å². The predicted octanol–water partition coefficient (Wildman–Crippen LogP) is 2.67. The van der Waals surface area contributed by atoms with Crippen LogP contribution in [0.1, 0.15) is 31.1 Å². The maximum absolute atomic E-state index is 5.74. The molecule has 0 amide bonds. The quantitative estimate of drug-likeness (QED) is 0.867. The zero-order valence-corrected chi connectivity index (χ0v) is 11.8. The van der Waals surface area contributed by atoms with Gasteiger partial charge in [0.15, 0.2) is 0 Å². The zero-order chi connectivity index (χ0) is 13.7. The van der Waals surface area contributed by atoms with Gasteiger partial charge in [-0.05, 0) is 31.2 Å². The lowest BCUT2D eigenvalue weighted by Crippen LogP contribution is -2.17. The van der Waals surface area contributed by atoms with Gasteiger partial charge in [0.1, 0.15) is 12.4 Å². The lowest BCUT2D eigenvalue weighted by Gasteiger charge is -2.13. The summed E-state index contributed by atoms with van der Waals surface area (Å²) in [5.41, 5.74) is 2.33. The van der Waals surface area contributed by atoms with E-state index in [1.807, 2.05) is 29.9 Å². The predicted molar refractivity (Wildman–Crippen MR) is 76.1 cm³/mol. The summed E-state index contributed by atoms with van der Waals surface area (Å²) >= 11 is 0.